The molecule has 2 rings (SSSR count). The van der Waals surface area contributed by atoms with Crippen LogP contribution in [0.15, 0.2) is 36.4 Å². The van der Waals surface area contributed by atoms with E-state index in [1.54, 1.807) is 31.4 Å². The Labute approximate surface area is 124 Å². The molecule has 0 radical (unpaired) electrons. The molecule has 0 saturated heterocycles. The number of benzene rings is 2. The zero-order valence-corrected chi connectivity index (χ0v) is 12.6. The average Bonchev–Trinajstić information content (AvgIpc) is 2.49. The molecule has 0 aliphatic heterocycles. The molecule has 0 atom stereocenters. The fourth-order valence-corrected chi connectivity index (χ4v) is 2.28. The smallest absolute Gasteiger partial charge is 0.255 e. The van der Waals surface area contributed by atoms with Gasteiger partial charge in [0.05, 0.1) is 7.11 Å². The molecular weight excluding hydrogens is 264 g/mol. The minimum absolute atomic E-state index is 0.139. The molecule has 4 nitrogen and oxygen atoms in total. The maximum atomic E-state index is 12.3. The standard InChI is InChI=1S/C17H20N2O2/c1-4-12-10-14(18)9-11(2)16(12)19-17(20)13-5-7-15(21-3)8-6-13/h5-10H,4,18H2,1-3H3,(H,19,20). The first-order chi connectivity index (χ1) is 10.0. The van der Waals surface area contributed by atoms with Crippen LogP contribution >= 0.6 is 0 Å². The molecule has 0 spiro atoms. The Bertz CT molecular complexity index is 649. The normalized spacial score (nSPS) is 10.2. The van der Waals surface area contributed by atoms with Gasteiger partial charge in [-0.05, 0) is 60.9 Å². The summed E-state index contributed by atoms with van der Waals surface area (Å²) >= 11 is 0. The number of ether oxygens (including phenoxy) is 1. The number of hydrogen-bond donors (Lipinski definition) is 2. The molecule has 2 aromatic rings. The summed E-state index contributed by atoms with van der Waals surface area (Å²) in [5.74, 6) is 0.588. The van der Waals surface area contributed by atoms with Crippen molar-refractivity contribution in [3.8, 4) is 5.75 Å². The molecule has 2 aromatic carbocycles. The number of rotatable bonds is 4. The SMILES string of the molecule is CCc1cc(N)cc(C)c1NC(=O)c1ccc(OC)cc1. The van der Waals surface area contributed by atoms with Gasteiger partial charge in [-0.2, -0.15) is 0 Å². The van der Waals surface area contributed by atoms with Crippen LogP contribution in [0.25, 0.3) is 0 Å². The second-order valence-corrected chi connectivity index (χ2v) is 4.91. The molecule has 0 unspecified atom stereocenters. The maximum Gasteiger partial charge on any atom is 0.255 e. The van der Waals surface area contributed by atoms with Gasteiger partial charge in [-0.15, -0.1) is 0 Å². The van der Waals surface area contributed by atoms with Crippen molar-refractivity contribution >= 4 is 17.3 Å². The summed E-state index contributed by atoms with van der Waals surface area (Å²) in [5.41, 5.74) is 10.0. The predicted octanol–water partition coefficient (Wildman–Crippen LogP) is 3.40. The summed E-state index contributed by atoms with van der Waals surface area (Å²) in [6.07, 6.45) is 0.810. The summed E-state index contributed by atoms with van der Waals surface area (Å²) in [4.78, 5) is 12.3. The fraction of sp³-hybridized carbons (Fsp3) is 0.235. The maximum absolute atomic E-state index is 12.3. The summed E-state index contributed by atoms with van der Waals surface area (Å²) in [6.45, 7) is 3.98. The van der Waals surface area contributed by atoms with Crippen LogP contribution in [0.1, 0.15) is 28.4 Å². The third-order valence-electron chi connectivity index (χ3n) is 3.41. The van der Waals surface area contributed by atoms with E-state index in [0.29, 0.717) is 11.3 Å². The average molecular weight is 284 g/mol. The van der Waals surface area contributed by atoms with Crippen LogP contribution in [0.4, 0.5) is 11.4 Å². The van der Waals surface area contributed by atoms with E-state index < -0.39 is 0 Å². The van der Waals surface area contributed by atoms with E-state index in [0.717, 1.165) is 29.0 Å². The van der Waals surface area contributed by atoms with E-state index in [2.05, 4.69) is 5.32 Å². The summed E-state index contributed by atoms with van der Waals surface area (Å²) in [7, 11) is 1.60. The Morgan fingerprint density at radius 2 is 1.90 bits per heavy atom. The van der Waals surface area contributed by atoms with Gasteiger partial charge in [-0.1, -0.05) is 6.92 Å². The van der Waals surface area contributed by atoms with Crippen molar-refractivity contribution in [2.75, 3.05) is 18.2 Å². The van der Waals surface area contributed by atoms with Gasteiger partial charge in [-0.25, -0.2) is 0 Å². The van der Waals surface area contributed by atoms with E-state index in [1.807, 2.05) is 26.0 Å². The number of amides is 1. The highest BCUT2D eigenvalue weighted by molar-refractivity contribution is 6.05. The largest absolute Gasteiger partial charge is 0.497 e. The molecule has 21 heavy (non-hydrogen) atoms. The Morgan fingerprint density at radius 3 is 2.48 bits per heavy atom. The minimum atomic E-state index is -0.139. The third-order valence-corrected chi connectivity index (χ3v) is 3.41. The van der Waals surface area contributed by atoms with Gasteiger partial charge in [-0.3, -0.25) is 4.79 Å². The minimum Gasteiger partial charge on any atom is -0.497 e. The fourth-order valence-electron chi connectivity index (χ4n) is 2.28. The zero-order valence-electron chi connectivity index (χ0n) is 12.6. The number of anilines is 2. The topological polar surface area (TPSA) is 64.3 Å². The van der Waals surface area contributed by atoms with Gasteiger partial charge in [0, 0.05) is 16.9 Å². The number of nitrogen functional groups attached to an aromatic ring is 1. The quantitative estimate of drug-likeness (QED) is 0.846. The van der Waals surface area contributed by atoms with Crippen LogP contribution in [0, 0.1) is 6.92 Å². The van der Waals surface area contributed by atoms with E-state index in [4.69, 9.17) is 10.5 Å². The lowest BCUT2D eigenvalue weighted by molar-refractivity contribution is 0.102. The second-order valence-electron chi connectivity index (χ2n) is 4.91. The highest BCUT2D eigenvalue weighted by atomic mass is 16.5. The van der Waals surface area contributed by atoms with Gasteiger partial charge in [0.15, 0.2) is 0 Å². The number of nitrogens with two attached hydrogens (primary N) is 1. The van der Waals surface area contributed by atoms with Crippen molar-refractivity contribution in [3.63, 3.8) is 0 Å². The van der Waals surface area contributed by atoms with Crippen LogP contribution < -0.4 is 15.8 Å². The summed E-state index contributed by atoms with van der Waals surface area (Å²) < 4.78 is 5.09. The van der Waals surface area contributed by atoms with Gasteiger partial charge >= 0.3 is 0 Å². The third kappa shape index (κ3) is 3.34. The summed E-state index contributed by atoms with van der Waals surface area (Å²) in [6, 6.07) is 10.8. The highest BCUT2D eigenvalue weighted by Crippen LogP contribution is 2.25. The van der Waals surface area contributed by atoms with E-state index in [-0.39, 0.29) is 5.91 Å². The van der Waals surface area contributed by atoms with E-state index in [9.17, 15) is 4.79 Å². The first-order valence-electron chi connectivity index (χ1n) is 6.89. The molecule has 1 amide bonds. The second kappa shape index (κ2) is 6.31. The Kier molecular flexibility index (Phi) is 4.48. The number of hydrogen-bond acceptors (Lipinski definition) is 3. The number of carbonyl (C=O) groups excluding carboxylic acids is 1. The van der Waals surface area contributed by atoms with Crippen LogP contribution in [-0.2, 0) is 6.42 Å². The van der Waals surface area contributed by atoms with Crippen molar-refractivity contribution in [2.45, 2.75) is 20.3 Å². The Balaban J connectivity index is 2.26. The van der Waals surface area contributed by atoms with Crippen LogP contribution in [0.3, 0.4) is 0 Å². The first kappa shape index (κ1) is 14.9. The number of nitrogens with one attached hydrogen (secondary N) is 1. The first-order valence-corrected chi connectivity index (χ1v) is 6.89. The molecule has 110 valence electrons. The molecule has 4 heteroatoms. The van der Waals surface area contributed by atoms with Crippen molar-refractivity contribution in [1.29, 1.82) is 0 Å². The van der Waals surface area contributed by atoms with E-state index in [1.165, 1.54) is 0 Å². The lowest BCUT2D eigenvalue weighted by Crippen LogP contribution is -2.14. The Hall–Kier alpha value is -2.49. The Morgan fingerprint density at radius 1 is 1.24 bits per heavy atom. The van der Waals surface area contributed by atoms with Gasteiger partial charge in [0.25, 0.3) is 5.91 Å². The lowest BCUT2D eigenvalue weighted by Gasteiger charge is -2.14. The van der Waals surface area contributed by atoms with Crippen molar-refractivity contribution in [2.24, 2.45) is 0 Å². The summed E-state index contributed by atoms with van der Waals surface area (Å²) in [5, 5.41) is 2.98. The molecule has 0 fully saturated rings. The van der Waals surface area contributed by atoms with Crippen molar-refractivity contribution in [3.05, 3.63) is 53.1 Å². The van der Waals surface area contributed by atoms with Crippen LogP contribution in [0.2, 0.25) is 0 Å². The van der Waals surface area contributed by atoms with Crippen LogP contribution in [0.5, 0.6) is 5.75 Å². The molecule has 0 aromatic heterocycles. The van der Waals surface area contributed by atoms with Gasteiger partial charge in [0.1, 0.15) is 5.75 Å². The van der Waals surface area contributed by atoms with E-state index >= 15 is 0 Å². The number of aryl methyl sites for hydroxylation is 2. The van der Waals surface area contributed by atoms with Gasteiger partial charge in [0.2, 0.25) is 0 Å². The zero-order chi connectivity index (χ0) is 15.4. The molecular formula is C17H20N2O2. The van der Waals surface area contributed by atoms with Gasteiger partial charge < -0.3 is 15.8 Å². The van der Waals surface area contributed by atoms with Crippen molar-refractivity contribution < 1.29 is 9.53 Å². The number of carbonyl (C=O) groups is 1. The van der Waals surface area contributed by atoms with Crippen molar-refractivity contribution in [1.82, 2.24) is 0 Å². The van der Waals surface area contributed by atoms with Crippen LogP contribution in [-0.4, -0.2) is 13.0 Å². The predicted molar refractivity (Wildman–Crippen MR) is 85.9 cm³/mol. The lowest BCUT2D eigenvalue weighted by atomic mass is 10.0. The molecule has 0 bridgehead atoms. The molecule has 0 aliphatic rings. The molecule has 0 aliphatic carbocycles. The molecule has 0 saturated carbocycles. The molecule has 3 N–H and O–H groups in total. The highest BCUT2D eigenvalue weighted by Gasteiger charge is 2.11. The molecule has 0 heterocycles. The monoisotopic (exact) mass is 284 g/mol. The number of methoxy groups -OCH3 is 1.